The summed E-state index contributed by atoms with van der Waals surface area (Å²) in [5.41, 5.74) is 6.99. The van der Waals surface area contributed by atoms with E-state index in [9.17, 15) is 4.79 Å². The number of rotatable bonds is 10. The van der Waals surface area contributed by atoms with E-state index >= 15 is 0 Å². The van der Waals surface area contributed by atoms with Crippen LogP contribution < -0.4 is 16.4 Å². The van der Waals surface area contributed by atoms with E-state index in [4.69, 9.17) is 15.9 Å². The molecule has 0 aliphatic carbocycles. The van der Waals surface area contributed by atoms with Gasteiger partial charge in [-0.05, 0) is 30.7 Å². The molecule has 128 valence electrons. The van der Waals surface area contributed by atoms with Crippen LogP contribution in [0.4, 0.5) is 10.5 Å². The Morgan fingerprint density at radius 2 is 1.87 bits per heavy atom. The zero-order chi connectivity index (χ0) is 16.9. The van der Waals surface area contributed by atoms with Crippen LogP contribution in [0.5, 0.6) is 0 Å². The second-order valence-electron chi connectivity index (χ2n) is 5.34. The van der Waals surface area contributed by atoms with E-state index in [1.807, 2.05) is 12.1 Å². The molecule has 1 aromatic carbocycles. The van der Waals surface area contributed by atoms with Crippen LogP contribution in [0, 0.1) is 5.41 Å². The van der Waals surface area contributed by atoms with Gasteiger partial charge in [-0.25, -0.2) is 4.79 Å². The van der Waals surface area contributed by atoms with Crippen LogP contribution >= 0.6 is 0 Å². The Morgan fingerprint density at radius 1 is 1.17 bits per heavy atom. The first-order valence-electron chi connectivity index (χ1n) is 8.24. The van der Waals surface area contributed by atoms with Crippen molar-refractivity contribution in [2.75, 3.05) is 25.0 Å². The molecule has 0 fully saturated rings. The number of carbonyl (C=O) groups excluding carboxylic acids is 1. The molecule has 5 N–H and O–H groups in total. The summed E-state index contributed by atoms with van der Waals surface area (Å²) in [6.07, 6.45) is 4.93. The van der Waals surface area contributed by atoms with Gasteiger partial charge in [0.2, 0.25) is 0 Å². The van der Waals surface area contributed by atoms with Crippen LogP contribution in [0.15, 0.2) is 24.3 Å². The molecule has 0 bridgehead atoms. The zero-order valence-corrected chi connectivity index (χ0v) is 13.9. The first-order valence-corrected chi connectivity index (χ1v) is 8.24. The predicted octanol–water partition coefficient (Wildman–Crippen LogP) is 3.08. The Bertz CT molecular complexity index is 474. The number of alkyl carbamates (subject to hydrolysis) is 1. The van der Waals surface area contributed by atoms with Crippen molar-refractivity contribution < 1.29 is 9.53 Å². The molecule has 1 aromatic rings. The van der Waals surface area contributed by atoms with Gasteiger partial charge < -0.3 is 15.8 Å². The summed E-state index contributed by atoms with van der Waals surface area (Å²) >= 11 is 0. The van der Waals surface area contributed by atoms with E-state index < -0.39 is 6.09 Å². The number of hydrogen-bond acceptors (Lipinski definition) is 5. The van der Waals surface area contributed by atoms with Gasteiger partial charge in [-0.1, -0.05) is 32.6 Å². The van der Waals surface area contributed by atoms with E-state index in [1.54, 1.807) is 12.1 Å². The summed E-state index contributed by atoms with van der Waals surface area (Å²) in [7, 11) is 0. The number of amidine groups is 1. The number of carbonyl (C=O) groups is 1. The second-order valence-corrected chi connectivity index (χ2v) is 5.34. The van der Waals surface area contributed by atoms with Gasteiger partial charge >= 0.3 is 6.09 Å². The molecule has 1 amide bonds. The van der Waals surface area contributed by atoms with Gasteiger partial charge in [0.05, 0.1) is 6.61 Å². The minimum Gasteiger partial charge on any atom is -0.449 e. The Kier molecular flexibility index (Phi) is 9.47. The smallest absolute Gasteiger partial charge is 0.412 e. The summed E-state index contributed by atoms with van der Waals surface area (Å²) in [5.74, 6) is 0.0337. The lowest BCUT2D eigenvalue weighted by atomic mass is 10.2. The molecule has 6 nitrogen and oxygen atoms in total. The van der Waals surface area contributed by atoms with Gasteiger partial charge in [-0.2, -0.15) is 0 Å². The largest absolute Gasteiger partial charge is 0.449 e. The first kappa shape index (κ1) is 19.0. The molecular formula is C17H28N4O2. The van der Waals surface area contributed by atoms with Crippen LogP contribution in [-0.2, 0) is 4.74 Å². The van der Waals surface area contributed by atoms with Crippen molar-refractivity contribution in [1.29, 1.82) is 5.41 Å². The number of nitrogens with two attached hydrogens (primary N) is 1. The minimum atomic E-state index is -0.573. The third-order valence-electron chi connectivity index (χ3n) is 3.36. The maximum absolute atomic E-state index is 11.6. The van der Waals surface area contributed by atoms with Crippen LogP contribution in [0.25, 0.3) is 0 Å². The average Bonchev–Trinajstić information content (AvgIpc) is 2.56. The molecule has 0 spiro atoms. The van der Waals surface area contributed by atoms with E-state index in [0.29, 0.717) is 25.3 Å². The molecule has 0 aliphatic rings. The van der Waals surface area contributed by atoms with Gasteiger partial charge in [0.1, 0.15) is 5.84 Å². The van der Waals surface area contributed by atoms with Crippen LogP contribution in [0.3, 0.4) is 0 Å². The topological polar surface area (TPSA) is 100 Å². The van der Waals surface area contributed by atoms with Crippen molar-refractivity contribution in [2.24, 2.45) is 5.73 Å². The van der Waals surface area contributed by atoms with Gasteiger partial charge in [-0.3, -0.25) is 10.7 Å². The molecule has 1 rings (SSSR count). The predicted molar refractivity (Wildman–Crippen MR) is 94.1 cm³/mol. The number of unbranched alkanes of at least 4 members (excludes halogenated alkanes) is 4. The molecule has 0 saturated carbocycles. The minimum absolute atomic E-state index is 0.0337. The van der Waals surface area contributed by atoms with Crippen molar-refractivity contribution in [2.45, 2.75) is 39.0 Å². The lowest BCUT2D eigenvalue weighted by Gasteiger charge is -2.09. The van der Waals surface area contributed by atoms with Crippen LogP contribution in [0.1, 0.15) is 44.6 Å². The Hall–Kier alpha value is -2.08. The Morgan fingerprint density at radius 3 is 2.52 bits per heavy atom. The molecule has 0 aromatic heterocycles. The van der Waals surface area contributed by atoms with Gasteiger partial charge in [0, 0.05) is 24.3 Å². The van der Waals surface area contributed by atoms with E-state index in [2.05, 4.69) is 17.6 Å². The SMILES string of the molecule is CCCCCCCOC(=O)NC(=N)c1ccc(NCCN)cc1. The van der Waals surface area contributed by atoms with Crippen LogP contribution in [-0.4, -0.2) is 31.6 Å². The molecule has 0 heterocycles. The number of benzene rings is 1. The van der Waals surface area contributed by atoms with Gasteiger partial charge in [0.25, 0.3) is 0 Å². The summed E-state index contributed by atoms with van der Waals surface area (Å²) in [6.45, 7) is 3.81. The molecule has 0 saturated heterocycles. The quantitative estimate of drug-likeness (QED) is 0.302. The highest BCUT2D eigenvalue weighted by Crippen LogP contribution is 2.09. The number of ether oxygens (including phenoxy) is 1. The van der Waals surface area contributed by atoms with Gasteiger partial charge in [-0.15, -0.1) is 0 Å². The van der Waals surface area contributed by atoms with E-state index in [1.165, 1.54) is 19.3 Å². The summed E-state index contributed by atoms with van der Waals surface area (Å²) in [4.78, 5) is 11.6. The number of amides is 1. The maximum atomic E-state index is 11.6. The highest BCUT2D eigenvalue weighted by molar-refractivity contribution is 6.04. The summed E-state index contributed by atoms with van der Waals surface area (Å²) in [5, 5.41) is 13.5. The average molecular weight is 320 g/mol. The molecule has 0 radical (unpaired) electrons. The number of anilines is 1. The zero-order valence-electron chi connectivity index (χ0n) is 13.9. The first-order chi connectivity index (χ1) is 11.2. The summed E-state index contributed by atoms with van der Waals surface area (Å²) in [6, 6.07) is 7.24. The van der Waals surface area contributed by atoms with Crippen molar-refractivity contribution in [1.82, 2.24) is 5.32 Å². The molecule has 0 atom stereocenters. The third-order valence-corrected chi connectivity index (χ3v) is 3.36. The normalized spacial score (nSPS) is 10.2. The van der Waals surface area contributed by atoms with E-state index in [-0.39, 0.29) is 5.84 Å². The Labute approximate surface area is 138 Å². The monoisotopic (exact) mass is 320 g/mol. The van der Waals surface area contributed by atoms with E-state index in [0.717, 1.165) is 18.5 Å². The number of hydrogen-bond donors (Lipinski definition) is 4. The lowest BCUT2D eigenvalue weighted by Crippen LogP contribution is -2.31. The van der Waals surface area contributed by atoms with Crippen LogP contribution in [0.2, 0.25) is 0 Å². The fourth-order valence-electron chi connectivity index (χ4n) is 2.05. The van der Waals surface area contributed by atoms with Crippen molar-refractivity contribution in [3.63, 3.8) is 0 Å². The summed E-state index contributed by atoms with van der Waals surface area (Å²) < 4.78 is 5.07. The fraction of sp³-hybridized carbons (Fsp3) is 0.529. The highest BCUT2D eigenvalue weighted by Gasteiger charge is 2.07. The van der Waals surface area contributed by atoms with Crippen molar-refractivity contribution in [3.8, 4) is 0 Å². The fourth-order valence-corrected chi connectivity index (χ4v) is 2.05. The van der Waals surface area contributed by atoms with Crippen molar-refractivity contribution >= 4 is 17.6 Å². The van der Waals surface area contributed by atoms with Crippen molar-refractivity contribution in [3.05, 3.63) is 29.8 Å². The maximum Gasteiger partial charge on any atom is 0.412 e. The molecule has 0 unspecified atom stereocenters. The molecule has 23 heavy (non-hydrogen) atoms. The second kappa shape index (κ2) is 11.5. The third kappa shape index (κ3) is 8.21. The standard InChI is InChI=1S/C17H28N4O2/c1-2-3-4-5-6-13-23-17(22)21-16(19)14-7-9-15(10-8-14)20-12-11-18/h7-10,20H,2-6,11-13,18H2,1H3,(H2,19,21,22). The highest BCUT2D eigenvalue weighted by atomic mass is 16.5. The molecular weight excluding hydrogens is 292 g/mol. The molecule has 6 heteroatoms. The van der Waals surface area contributed by atoms with Gasteiger partial charge in [0.15, 0.2) is 0 Å². The Balaban J connectivity index is 2.27. The molecule has 0 aliphatic heterocycles. The lowest BCUT2D eigenvalue weighted by molar-refractivity contribution is 0.149. The number of nitrogens with one attached hydrogen (secondary N) is 3.